The maximum atomic E-state index is 12.0. The van der Waals surface area contributed by atoms with Crippen LogP contribution in [-0.2, 0) is 13.6 Å². The number of nitro benzene ring substituents is 1. The van der Waals surface area contributed by atoms with Gasteiger partial charge in [-0.25, -0.2) is 4.79 Å². The van der Waals surface area contributed by atoms with Crippen LogP contribution in [0.15, 0.2) is 39.9 Å². The van der Waals surface area contributed by atoms with Gasteiger partial charge in [-0.1, -0.05) is 6.07 Å². The summed E-state index contributed by atoms with van der Waals surface area (Å²) in [5.74, 6) is 0.406. The number of hydrogen-bond acceptors (Lipinski definition) is 5. The molecule has 0 saturated heterocycles. The van der Waals surface area contributed by atoms with Crippen LogP contribution >= 0.6 is 0 Å². The van der Waals surface area contributed by atoms with E-state index in [1.807, 2.05) is 0 Å². The van der Waals surface area contributed by atoms with Crippen LogP contribution in [0, 0.1) is 17.0 Å². The summed E-state index contributed by atoms with van der Waals surface area (Å²) in [6.45, 7) is 2.40. The molecule has 0 fully saturated rings. The lowest BCUT2D eigenvalue weighted by atomic mass is 10.3. The summed E-state index contributed by atoms with van der Waals surface area (Å²) in [5.41, 5.74) is -0.150. The number of hydrogen-bond donors (Lipinski definition) is 0. The van der Waals surface area contributed by atoms with E-state index in [9.17, 15) is 19.7 Å². The second-order valence-electron chi connectivity index (χ2n) is 5.07. The van der Waals surface area contributed by atoms with Gasteiger partial charge in [0.15, 0.2) is 0 Å². The molecule has 0 saturated carbocycles. The molecule has 0 radical (unpaired) electrons. The molecular formula is C15H17N3O5. The molecule has 1 aromatic heterocycles. The number of nitrogens with zero attached hydrogens (tertiary/aromatic N) is 3. The second kappa shape index (κ2) is 6.91. The molecule has 0 amide bonds. The van der Waals surface area contributed by atoms with Gasteiger partial charge in [-0.3, -0.25) is 24.0 Å². The van der Waals surface area contributed by atoms with Crippen LogP contribution in [0.5, 0.6) is 5.75 Å². The van der Waals surface area contributed by atoms with E-state index in [1.54, 1.807) is 19.1 Å². The minimum absolute atomic E-state index is 0.0346. The number of rotatable bonds is 6. The summed E-state index contributed by atoms with van der Waals surface area (Å²) < 4.78 is 8.01. The first-order chi connectivity index (χ1) is 10.9. The van der Waals surface area contributed by atoms with Crippen molar-refractivity contribution in [2.45, 2.75) is 19.9 Å². The Hall–Kier alpha value is -2.90. The Balaban J connectivity index is 1.98. The van der Waals surface area contributed by atoms with Crippen LogP contribution in [0.1, 0.15) is 12.1 Å². The van der Waals surface area contributed by atoms with Crippen molar-refractivity contribution in [2.24, 2.45) is 7.05 Å². The Morgan fingerprint density at radius 3 is 2.70 bits per heavy atom. The highest BCUT2D eigenvalue weighted by Crippen LogP contribution is 2.19. The molecule has 8 heteroatoms. The summed E-state index contributed by atoms with van der Waals surface area (Å²) in [5, 5.41) is 10.7. The van der Waals surface area contributed by atoms with Gasteiger partial charge in [-0.15, -0.1) is 0 Å². The summed E-state index contributed by atoms with van der Waals surface area (Å²) in [6, 6.07) is 7.33. The lowest BCUT2D eigenvalue weighted by Gasteiger charge is -2.11. The number of benzene rings is 1. The Morgan fingerprint density at radius 1 is 1.26 bits per heavy atom. The third-order valence-electron chi connectivity index (χ3n) is 3.43. The van der Waals surface area contributed by atoms with Gasteiger partial charge in [-0.05, 0) is 19.4 Å². The predicted molar refractivity (Wildman–Crippen MR) is 83.9 cm³/mol. The van der Waals surface area contributed by atoms with Crippen LogP contribution in [0.25, 0.3) is 0 Å². The number of non-ortho nitro benzene ring substituents is 1. The summed E-state index contributed by atoms with van der Waals surface area (Å²) in [7, 11) is 1.43. The monoisotopic (exact) mass is 319 g/mol. The van der Waals surface area contributed by atoms with E-state index in [1.165, 1.54) is 29.8 Å². The fraction of sp³-hybridized carbons (Fsp3) is 0.333. The number of ether oxygens (including phenoxy) is 1. The molecule has 8 nitrogen and oxygen atoms in total. The zero-order chi connectivity index (χ0) is 17.0. The maximum Gasteiger partial charge on any atom is 0.330 e. The van der Waals surface area contributed by atoms with Crippen LogP contribution < -0.4 is 16.0 Å². The molecule has 1 heterocycles. The summed E-state index contributed by atoms with van der Waals surface area (Å²) in [4.78, 5) is 33.7. The summed E-state index contributed by atoms with van der Waals surface area (Å²) >= 11 is 0. The number of aryl methyl sites for hydroxylation is 1. The van der Waals surface area contributed by atoms with Crippen LogP contribution in [-0.4, -0.2) is 20.7 Å². The van der Waals surface area contributed by atoms with Crippen molar-refractivity contribution in [3.05, 3.63) is 67.0 Å². The lowest BCUT2D eigenvalue weighted by Crippen LogP contribution is -2.38. The van der Waals surface area contributed by atoms with Crippen molar-refractivity contribution in [1.29, 1.82) is 0 Å². The van der Waals surface area contributed by atoms with Crippen LogP contribution in [0.2, 0.25) is 0 Å². The van der Waals surface area contributed by atoms with Gasteiger partial charge < -0.3 is 4.74 Å². The Labute approximate surface area is 131 Å². The Morgan fingerprint density at radius 2 is 2.00 bits per heavy atom. The highest BCUT2D eigenvalue weighted by Gasteiger charge is 2.07. The molecule has 0 bridgehead atoms. The Bertz CT molecular complexity index is 838. The maximum absolute atomic E-state index is 12.0. The Kier molecular flexibility index (Phi) is 4.95. The quantitative estimate of drug-likeness (QED) is 0.453. The molecule has 122 valence electrons. The number of aromatic nitrogens is 2. The first kappa shape index (κ1) is 16.5. The van der Waals surface area contributed by atoms with Gasteiger partial charge in [-0.2, -0.15) is 0 Å². The van der Waals surface area contributed by atoms with Crippen molar-refractivity contribution < 1.29 is 9.66 Å². The molecule has 0 N–H and O–H groups in total. The largest absolute Gasteiger partial charge is 0.493 e. The minimum Gasteiger partial charge on any atom is -0.493 e. The third-order valence-corrected chi connectivity index (χ3v) is 3.43. The van der Waals surface area contributed by atoms with Crippen LogP contribution in [0.3, 0.4) is 0 Å². The van der Waals surface area contributed by atoms with Gasteiger partial charge in [0.05, 0.1) is 17.6 Å². The van der Waals surface area contributed by atoms with E-state index in [0.717, 1.165) is 4.57 Å². The zero-order valence-electron chi connectivity index (χ0n) is 12.9. The fourth-order valence-electron chi connectivity index (χ4n) is 2.15. The minimum atomic E-state index is -0.486. The zero-order valence-corrected chi connectivity index (χ0v) is 12.9. The van der Waals surface area contributed by atoms with Gasteiger partial charge >= 0.3 is 5.69 Å². The normalized spacial score (nSPS) is 10.5. The van der Waals surface area contributed by atoms with Gasteiger partial charge in [0.1, 0.15) is 5.75 Å². The average Bonchev–Trinajstić information content (AvgIpc) is 2.52. The van der Waals surface area contributed by atoms with Gasteiger partial charge in [0.2, 0.25) is 0 Å². The van der Waals surface area contributed by atoms with Crippen molar-refractivity contribution in [3.8, 4) is 5.75 Å². The lowest BCUT2D eigenvalue weighted by molar-refractivity contribution is -0.384. The first-order valence-electron chi connectivity index (χ1n) is 7.05. The van der Waals surface area contributed by atoms with Gasteiger partial charge in [0.25, 0.3) is 11.2 Å². The van der Waals surface area contributed by atoms with Crippen molar-refractivity contribution >= 4 is 5.69 Å². The molecule has 0 spiro atoms. The smallest absolute Gasteiger partial charge is 0.330 e. The standard InChI is InChI=1S/C15H17N3O5/c1-11-9-14(19)16(2)15(20)17(11)7-4-8-23-13-6-3-5-12(10-13)18(21)22/h3,5-6,9-10H,4,7-8H2,1-2H3. The second-order valence-corrected chi connectivity index (χ2v) is 5.07. The summed E-state index contributed by atoms with van der Waals surface area (Å²) in [6.07, 6.45) is 0.529. The molecule has 2 rings (SSSR count). The average molecular weight is 319 g/mol. The molecule has 2 aromatic rings. The highest BCUT2D eigenvalue weighted by molar-refractivity contribution is 5.37. The molecule has 1 aromatic carbocycles. The molecule has 0 unspecified atom stereocenters. The number of nitro groups is 1. The molecule has 0 aliphatic heterocycles. The highest BCUT2D eigenvalue weighted by atomic mass is 16.6. The van der Waals surface area contributed by atoms with Crippen molar-refractivity contribution in [3.63, 3.8) is 0 Å². The molecule has 23 heavy (non-hydrogen) atoms. The van der Waals surface area contributed by atoms with Gasteiger partial charge in [0, 0.05) is 31.4 Å². The van der Waals surface area contributed by atoms with E-state index in [4.69, 9.17) is 4.74 Å². The molecular weight excluding hydrogens is 302 g/mol. The molecule has 0 aliphatic carbocycles. The van der Waals surface area contributed by atoms with Crippen LogP contribution in [0.4, 0.5) is 5.69 Å². The van der Waals surface area contributed by atoms with Crippen molar-refractivity contribution in [1.82, 2.24) is 9.13 Å². The topological polar surface area (TPSA) is 96.4 Å². The van der Waals surface area contributed by atoms with E-state index in [0.29, 0.717) is 31.0 Å². The predicted octanol–water partition coefficient (Wildman–Crippen LogP) is 1.23. The van der Waals surface area contributed by atoms with E-state index >= 15 is 0 Å². The van der Waals surface area contributed by atoms with E-state index < -0.39 is 4.92 Å². The molecule has 0 atom stereocenters. The van der Waals surface area contributed by atoms with E-state index in [-0.39, 0.29) is 16.9 Å². The SMILES string of the molecule is Cc1cc(=O)n(C)c(=O)n1CCCOc1cccc([N+](=O)[O-])c1. The van der Waals surface area contributed by atoms with Crippen molar-refractivity contribution in [2.75, 3.05) is 6.61 Å². The fourth-order valence-corrected chi connectivity index (χ4v) is 2.15. The molecule has 0 aliphatic rings. The first-order valence-corrected chi connectivity index (χ1v) is 7.05. The third kappa shape index (κ3) is 3.85. The van der Waals surface area contributed by atoms with E-state index in [2.05, 4.69) is 0 Å².